The molecule has 0 nitrogen and oxygen atoms in total. The fraction of sp³-hybridized carbons (Fsp3) is 0.0667. The summed E-state index contributed by atoms with van der Waals surface area (Å²) in [7, 11) is 0. The second kappa shape index (κ2) is 5.95. The number of thioether (sulfide) groups is 1. The molecule has 0 bridgehead atoms. The van der Waals surface area contributed by atoms with Crippen LogP contribution in [0.25, 0.3) is 6.08 Å². The Labute approximate surface area is 111 Å². The first kappa shape index (κ1) is 12.3. The molecule has 0 amide bonds. The minimum Gasteiger partial charge on any atom is -0.0981 e. The molecule has 0 aliphatic heterocycles. The van der Waals surface area contributed by atoms with Crippen LogP contribution in [0.1, 0.15) is 11.1 Å². The third kappa shape index (κ3) is 3.95. The second-order valence-corrected chi connectivity index (χ2v) is 5.20. The van der Waals surface area contributed by atoms with Crippen LogP contribution in [0.5, 0.6) is 0 Å². The van der Waals surface area contributed by atoms with Crippen LogP contribution in [0.15, 0.2) is 58.8 Å². The fourth-order valence-electron chi connectivity index (χ4n) is 1.38. The van der Waals surface area contributed by atoms with Gasteiger partial charge in [0.05, 0.1) is 0 Å². The van der Waals surface area contributed by atoms with Crippen LogP contribution in [-0.4, -0.2) is 0 Å². The summed E-state index contributed by atoms with van der Waals surface area (Å²) in [6, 6.07) is 16.3. The Morgan fingerprint density at radius 3 is 2.24 bits per heavy atom. The Bertz CT molecular complexity index is 497. The highest BCUT2D eigenvalue weighted by Crippen LogP contribution is 2.22. The van der Waals surface area contributed by atoms with Crippen LogP contribution in [0, 0.1) is 6.92 Å². The standard InChI is InChI=1S/C15H13ClS/c1-12-2-4-13(5-3-12)10-11-17-15-8-6-14(16)7-9-15/h2-11H,1H3/b11-10-. The highest BCUT2D eigenvalue weighted by Gasteiger charge is 1.91. The predicted molar refractivity (Wildman–Crippen MR) is 77.5 cm³/mol. The summed E-state index contributed by atoms with van der Waals surface area (Å²) >= 11 is 7.52. The van der Waals surface area contributed by atoms with Crippen molar-refractivity contribution in [3.63, 3.8) is 0 Å². The average Bonchev–Trinajstić information content (AvgIpc) is 2.34. The largest absolute Gasteiger partial charge is 0.0981 e. The smallest absolute Gasteiger partial charge is 0.0406 e. The monoisotopic (exact) mass is 260 g/mol. The van der Waals surface area contributed by atoms with E-state index >= 15 is 0 Å². The van der Waals surface area contributed by atoms with Gasteiger partial charge in [-0.2, -0.15) is 0 Å². The first-order valence-electron chi connectivity index (χ1n) is 5.39. The van der Waals surface area contributed by atoms with Crippen molar-refractivity contribution in [1.29, 1.82) is 0 Å². The van der Waals surface area contributed by atoms with Crippen LogP contribution in [0.3, 0.4) is 0 Å². The molecule has 17 heavy (non-hydrogen) atoms. The van der Waals surface area contributed by atoms with E-state index in [-0.39, 0.29) is 0 Å². The molecule has 0 unspecified atom stereocenters. The Hall–Kier alpha value is -1.18. The molecule has 0 heterocycles. The molecule has 2 aromatic carbocycles. The zero-order valence-corrected chi connectivity index (χ0v) is 11.1. The quantitative estimate of drug-likeness (QED) is 0.665. The summed E-state index contributed by atoms with van der Waals surface area (Å²) in [6.45, 7) is 2.09. The molecule has 0 fully saturated rings. The molecule has 0 aromatic heterocycles. The minimum atomic E-state index is 0.775. The van der Waals surface area contributed by atoms with Crippen LogP contribution in [-0.2, 0) is 0 Å². The molecule has 0 spiro atoms. The van der Waals surface area contributed by atoms with Crippen LogP contribution in [0.4, 0.5) is 0 Å². The summed E-state index contributed by atoms with van der Waals surface area (Å²) in [6.07, 6.45) is 2.11. The van der Waals surface area contributed by atoms with E-state index in [1.54, 1.807) is 11.8 Å². The summed E-state index contributed by atoms with van der Waals surface area (Å²) in [5.74, 6) is 0. The van der Waals surface area contributed by atoms with Gasteiger partial charge in [-0.1, -0.05) is 53.2 Å². The molecule has 0 N–H and O–H groups in total. The number of hydrogen-bond donors (Lipinski definition) is 0. The van der Waals surface area contributed by atoms with E-state index in [4.69, 9.17) is 11.6 Å². The molecule has 2 heteroatoms. The molecule has 0 saturated carbocycles. The zero-order valence-electron chi connectivity index (χ0n) is 9.56. The Morgan fingerprint density at radius 2 is 1.59 bits per heavy atom. The topological polar surface area (TPSA) is 0 Å². The average molecular weight is 261 g/mol. The lowest BCUT2D eigenvalue weighted by Gasteiger charge is -1.97. The molecule has 0 atom stereocenters. The molecule has 0 aliphatic carbocycles. The summed E-state index contributed by atoms with van der Waals surface area (Å²) < 4.78 is 0. The van der Waals surface area contributed by atoms with Gasteiger partial charge in [0, 0.05) is 9.92 Å². The van der Waals surface area contributed by atoms with Gasteiger partial charge >= 0.3 is 0 Å². The van der Waals surface area contributed by atoms with Crippen molar-refractivity contribution in [2.45, 2.75) is 11.8 Å². The number of aryl methyl sites for hydroxylation is 1. The maximum Gasteiger partial charge on any atom is 0.0406 e. The van der Waals surface area contributed by atoms with Crippen LogP contribution < -0.4 is 0 Å². The van der Waals surface area contributed by atoms with Crippen molar-refractivity contribution in [3.05, 3.63) is 70.1 Å². The molecular weight excluding hydrogens is 248 g/mol. The lowest BCUT2D eigenvalue weighted by molar-refractivity contribution is 1.46. The maximum atomic E-state index is 5.83. The molecule has 0 aliphatic rings. The Morgan fingerprint density at radius 1 is 0.941 bits per heavy atom. The summed E-state index contributed by atoms with van der Waals surface area (Å²) in [5.41, 5.74) is 2.50. The molecule has 2 aromatic rings. The third-order valence-electron chi connectivity index (χ3n) is 2.36. The van der Waals surface area contributed by atoms with E-state index in [1.165, 1.54) is 16.0 Å². The molecule has 0 saturated heterocycles. The number of hydrogen-bond acceptors (Lipinski definition) is 1. The Kier molecular flexibility index (Phi) is 4.29. The maximum absolute atomic E-state index is 5.83. The van der Waals surface area contributed by atoms with Crippen molar-refractivity contribution in [2.24, 2.45) is 0 Å². The van der Waals surface area contributed by atoms with E-state index in [1.807, 2.05) is 24.3 Å². The van der Waals surface area contributed by atoms with Gasteiger partial charge in [-0.25, -0.2) is 0 Å². The van der Waals surface area contributed by atoms with E-state index < -0.39 is 0 Å². The second-order valence-electron chi connectivity index (χ2n) is 3.79. The predicted octanol–water partition coefficient (Wildman–Crippen LogP) is 5.41. The summed E-state index contributed by atoms with van der Waals surface area (Å²) in [4.78, 5) is 1.19. The zero-order chi connectivity index (χ0) is 12.1. The van der Waals surface area contributed by atoms with E-state index in [0.717, 1.165) is 5.02 Å². The van der Waals surface area contributed by atoms with Crippen LogP contribution in [0.2, 0.25) is 5.02 Å². The van der Waals surface area contributed by atoms with Gasteiger partial charge < -0.3 is 0 Å². The van der Waals surface area contributed by atoms with Gasteiger partial charge in [0.25, 0.3) is 0 Å². The van der Waals surface area contributed by atoms with Gasteiger partial charge in [-0.3, -0.25) is 0 Å². The fourth-order valence-corrected chi connectivity index (χ4v) is 2.18. The van der Waals surface area contributed by atoms with Gasteiger partial charge in [-0.05, 0) is 48.2 Å². The lowest BCUT2D eigenvalue weighted by atomic mass is 10.2. The van der Waals surface area contributed by atoms with E-state index in [0.29, 0.717) is 0 Å². The normalized spacial score (nSPS) is 10.9. The van der Waals surface area contributed by atoms with E-state index in [9.17, 15) is 0 Å². The van der Waals surface area contributed by atoms with Gasteiger partial charge in [0.2, 0.25) is 0 Å². The third-order valence-corrected chi connectivity index (χ3v) is 3.42. The number of benzene rings is 2. The highest BCUT2D eigenvalue weighted by molar-refractivity contribution is 8.02. The SMILES string of the molecule is Cc1ccc(/C=C\Sc2ccc(Cl)cc2)cc1. The number of halogens is 1. The number of rotatable bonds is 3. The van der Waals surface area contributed by atoms with Gasteiger partial charge in [0.1, 0.15) is 0 Å². The van der Waals surface area contributed by atoms with Gasteiger partial charge in [0.15, 0.2) is 0 Å². The lowest BCUT2D eigenvalue weighted by Crippen LogP contribution is -1.72. The minimum absolute atomic E-state index is 0.775. The van der Waals surface area contributed by atoms with Crippen molar-refractivity contribution in [1.82, 2.24) is 0 Å². The first-order chi connectivity index (χ1) is 8.24. The molecule has 86 valence electrons. The highest BCUT2D eigenvalue weighted by atomic mass is 35.5. The molecule has 0 radical (unpaired) electrons. The molecular formula is C15H13ClS. The molecule has 2 rings (SSSR count). The van der Waals surface area contributed by atoms with Crippen molar-refractivity contribution >= 4 is 29.4 Å². The van der Waals surface area contributed by atoms with Gasteiger partial charge in [-0.15, -0.1) is 0 Å². The first-order valence-corrected chi connectivity index (χ1v) is 6.65. The van der Waals surface area contributed by atoms with Crippen LogP contribution >= 0.6 is 23.4 Å². The van der Waals surface area contributed by atoms with E-state index in [2.05, 4.69) is 42.7 Å². The Balaban J connectivity index is 1.97. The van der Waals surface area contributed by atoms with Crippen molar-refractivity contribution in [3.8, 4) is 0 Å². The van der Waals surface area contributed by atoms with Crippen molar-refractivity contribution < 1.29 is 0 Å². The van der Waals surface area contributed by atoms with Crippen molar-refractivity contribution in [2.75, 3.05) is 0 Å². The summed E-state index contributed by atoms with van der Waals surface area (Å²) in [5, 5.41) is 2.87.